The number of hydrogen-bond donors (Lipinski definition) is 2. The van der Waals surface area contributed by atoms with Crippen LogP contribution in [-0.2, 0) is 4.79 Å². The van der Waals surface area contributed by atoms with Crippen LogP contribution in [0.4, 0.5) is 15.9 Å². The second-order valence-corrected chi connectivity index (χ2v) is 10.2. The molecule has 3 heterocycles. The zero-order valence-corrected chi connectivity index (χ0v) is 23.0. The largest absolute Gasteiger partial charge is 0.462 e. The first-order chi connectivity index (χ1) is 19.3. The molecule has 2 aliphatic heterocycles. The number of aromatic nitrogens is 2. The fraction of sp³-hybridized carbons (Fsp3) is 0.357. The number of carbonyl (C=O) groups is 1. The first kappa shape index (κ1) is 27.6. The number of likely N-dealkylation sites (N-methyl/N-ethyl adjacent to an activating group) is 1. The van der Waals surface area contributed by atoms with Gasteiger partial charge in [0.2, 0.25) is 5.91 Å². The molecule has 3 aromatic rings. The molecule has 2 aliphatic rings. The van der Waals surface area contributed by atoms with Crippen molar-refractivity contribution in [2.45, 2.75) is 18.9 Å². The lowest BCUT2D eigenvalue weighted by atomic mass is 10.1. The van der Waals surface area contributed by atoms with Crippen LogP contribution < -0.4 is 20.1 Å². The van der Waals surface area contributed by atoms with E-state index in [9.17, 15) is 9.18 Å². The van der Waals surface area contributed by atoms with Gasteiger partial charge in [0.15, 0.2) is 11.5 Å². The van der Waals surface area contributed by atoms with E-state index in [0.717, 1.165) is 31.7 Å². The zero-order valence-electron chi connectivity index (χ0n) is 22.2. The summed E-state index contributed by atoms with van der Waals surface area (Å²) in [6, 6.07) is 6.82. The Morgan fingerprint density at radius 1 is 1.27 bits per heavy atom. The maximum atomic E-state index is 14.5. The smallest absolute Gasteiger partial charge is 0.319 e. The highest BCUT2D eigenvalue weighted by atomic mass is 35.5. The molecular formula is C28H31ClFN7O3. The van der Waals surface area contributed by atoms with E-state index in [4.69, 9.17) is 42.2 Å². The number of anilines is 2. The molecule has 2 saturated heterocycles. The fourth-order valence-corrected chi connectivity index (χ4v) is 5.29. The van der Waals surface area contributed by atoms with Gasteiger partial charge in [0.25, 0.3) is 0 Å². The van der Waals surface area contributed by atoms with Gasteiger partial charge in [-0.05, 0) is 50.7 Å². The molecule has 40 heavy (non-hydrogen) atoms. The summed E-state index contributed by atoms with van der Waals surface area (Å²) >= 11 is 6.25. The standard InChI is InChI=1S/C28H31ClFN7O3/c1-3-23(38)36-10-12-37(13-11-36)27-18-7-4-8-22(40-26-19(15-31)21(32)14-20(30)24(26)29)25(18)33-28(34-27)39-16-17-6-5-9-35(17)2/h3-4,7-8,14-15,17,31H,1,5-6,9-13,16,32H2,2H3/t17-/m1/s1. The van der Waals surface area contributed by atoms with Gasteiger partial charge in [0.1, 0.15) is 28.8 Å². The minimum absolute atomic E-state index is 0.0269. The number of benzene rings is 2. The second-order valence-electron chi connectivity index (χ2n) is 9.84. The van der Waals surface area contributed by atoms with Gasteiger partial charge in [-0.25, -0.2) is 4.39 Å². The van der Waals surface area contributed by atoms with Crippen LogP contribution in [-0.4, -0.2) is 84.3 Å². The summed E-state index contributed by atoms with van der Waals surface area (Å²) in [5, 5.41) is 8.17. The number of nitrogen functional groups attached to an aromatic ring is 1. The van der Waals surface area contributed by atoms with Crippen LogP contribution in [0, 0.1) is 11.2 Å². The number of para-hydroxylation sites is 1. The molecule has 0 aliphatic carbocycles. The topological polar surface area (TPSA) is 121 Å². The van der Waals surface area contributed by atoms with Gasteiger partial charge in [-0.15, -0.1) is 0 Å². The van der Waals surface area contributed by atoms with Gasteiger partial charge in [-0.2, -0.15) is 9.97 Å². The predicted octanol–water partition coefficient (Wildman–Crippen LogP) is 4.10. The number of hydrogen-bond acceptors (Lipinski definition) is 9. The van der Waals surface area contributed by atoms with Crippen molar-refractivity contribution >= 4 is 46.1 Å². The van der Waals surface area contributed by atoms with E-state index in [-0.39, 0.29) is 45.7 Å². The molecule has 5 rings (SSSR count). The van der Waals surface area contributed by atoms with Crippen LogP contribution in [0.2, 0.25) is 5.02 Å². The summed E-state index contributed by atoms with van der Waals surface area (Å²) in [7, 11) is 2.07. The monoisotopic (exact) mass is 567 g/mol. The number of amides is 1. The number of likely N-dealkylation sites (tertiary alicyclic amines) is 1. The van der Waals surface area contributed by atoms with E-state index in [0.29, 0.717) is 49.5 Å². The minimum atomic E-state index is -0.757. The number of ether oxygens (including phenoxy) is 2. The molecule has 10 nitrogen and oxygen atoms in total. The molecule has 0 radical (unpaired) electrons. The molecule has 0 bridgehead atoms. The third-order valence-corrected chi connectivity index (χ3v) is 7.75. The molecular weight excluding hydrogens is 537 g/mol. The van der Waals surface area contributed by atoms with Crippen LogP contribution in [0.5, 0.6) is 17.5 Å². The second kappa shape index (κ2) is 11.6. The Hall–Kier alpha value is -3.96. The number of fused-ring (bicyclic) bond motifs is 1. The van der Waals surface area contributed by atoms with E-state index in [1.165, 1.54) is 6.08 Å². The first-order valence-electron chi connectivity index (χ1n) is 13.1. The van der Waals surface area contributed by atoms with Crippen molar-refractivity contribution in [2.75, 3.05) is 57.0 Å². The molecule has 0 spiro atoms. The highest BCUT2D eigenvalue weighted by Gasteiger charge is 2.26. The summed E-state index contributed by atoms with van der Waals surface area (Å²) in [6.45, 7) is 7.14. The third-order valence-electron chi connectivity index (χ3n) is 7.39. The molecule has 0 unspecified atom stereocenters. The third kappa shape index (κ3) is 5.39. The Bertz CT molecular complexity index is 1460. The van der Waals surface area contributed by atoms with Gasteiger partial charge in [0, 0.05) is 49.5 Å². The van der Waals surface area contributed by atoms with Crippen LogP contribution in [0.3, 0.4) is 0 Å². The summed E-state index contributed by atoms with van der Waals surface area (Å²) in [6.07, 6.45) is 4.42. The average molecular weight is 568 g/mol. The number of piperazine rings is 1. The van der Waals surface area contributed by atoms with Crippen molar-refractivity contribution in [3.63, 3.8) is 0 Å². The Kier molecular flexibility index (Phi) is 8.04. The van der Waals surface area contributed by atoms with Crippen LogP contribution in [0.15, 0.2) is 36.9 Å². The summed E-state index contributed by atoms with van der Waals surface area (Å²) in [5.41, 5.74) is 6.56. The highest BCUT2D eigenvalue weighted by molar-refractivity contribution is 6.33. The summed E-state index contributed by atoms with van der Waals surface area (Å²) in [4.78, 5) is 27.7. The molecule has 3 N–H and O–H groups in total. The average Bonchev–Trinajstić information content (AvgIpc) is 3.38. The Labute approximate surface area is 236 Å². The van der Waals surface area contributed by atoms with E-state index in [1.54, 1.807) is 17.0 Å². The number of halogens is 2. The SMILES string of the molecule is C=CC(=O)N1CCN(c2nc(OC[C@H]3CCCN3C)nc3c(Oc4c(Cl)c(F)cc(N)c4C=N)cccc23)CC1. The van der Waals surface area contributed by atoms with Gasteiger partial charge in [-0.1, -0.05) is 24.2 Å². The summed E-state index contributed by atoms with van der Waals surface area (Å²) < 4.78 is 26.7. The predicted molar refractivity (Wildman–Crippen MR) is 153 cm³/mol. The number of nitrogens with one attached hydrogen (secondary N) is 1. The van der Waals surface area contributed by atoms with Crippen molar-refractivity contribution in [1.82, 2.24) is 19.8 Å². The number of carbonyl (C=O) groups excluding carboxylic acids is 1. The number of nitrogens with two attached hydrogens (primary N) is 1. The maximum absolute atomic E-state index is 14.5. The normalized spacial score (nSPS) is 17.7. The molecule has 0 saturated carbocycles. The minimum Gasteiger partial charge on any atom is -0.462 e. The molecule has 2 aromatic carbocycles. The van der Waals surface area contributed by atoms with Crippen molar-refractivity contribution in [1.29, 1.82) is 5.41 Å². The Morgan fingerprint density at radius 2 is 2.05 bits per heavy atom. The number of rotatable bonds is 8. The molecule has 1 amide bonds. The fourth-order valence-electron chi connectivity index (χ4n) is 5.10. The van der Waals surface area contributed by atoms with Crippen LogP contribution in [0.1, 0.15) is 18.4 Å². The van der Waals surface area contributed by atoms with Crippen molar-refractivity contribution in [2.24, 2.45) is 0 Å². The molecule has 1 aromatic heterocycles. The molecule has 1 atom stereocenters. The zero-order chi connectivity index (χ0) is 28.4. The van der Waals surface area contributed by atoms with Gasteiger partial charge >= 0.3 is 6.01 Å². The van der Waals surface area contributed by atoms with Crippen LogP contribution >= 0.6 is 11.6 Å². The first-order valence-corrected chi connectivity index (χ1v) is 13.4. The van der Waals surface area contributed by atoms with Crippen molar-refractivity contribution in [3.8, 4) is 17.5 Å². The van der Waals surface area contributed by atoms with E-state index in [1.807, 2.05) is 6.07 Å². The van der Waals surface area contributed by atoms with E-state index < -0.39 is 5.82 Å². The molecule has 12 heteroatoms. The highest BCUT2D eigenvalue weighted by Crippen LogP contribution is 2.40. The quantitative estimate of drug-likeness (QED) is 0.237. The van der Waals surface area contributed by atoms with Gasteiger partial charge < -0.3 is 35.3 Å². The van der Waals surface area contributed by atoms with Gasteiger partial charge in [0.05, 0.1) is 5.56 Å². The number of nitrogens with zero attached hydrogens (tertiary/aromatic N) is 5. The van der Waals surface area contributed by atoms with Crippen molar-refractivity contribution in [3.05, 3.63) is 53.3 Å². The van der Waals surface area contributed by atoms with Crippen LogP contribution in [0.25, 0.3) is 10.9 Å². The Balaban J connectivity index is 1.56. The Morgan fingerprint density at radius 3 is 2.73 bits per heavy atom. The lowest BCUT2D eigenvalue weighted by Gasteiger charge is -2.35. The molecule has 2 fully saturated rings. The lowest BCUT2D eigenvalue weighted by molar-refractivity contribution is -0.126. The lowest BCUT2D eigenvalue weighted by Crippen LogP contribution is -2.48. The molecule has 210 valence electrons. The summed E-state index contributed by atoms with van der Waals surface area (Å²) in [5.74, 6) is -0.0336. The van der Waals surface area contributed by atoms with E-state index >= 15 is 0 Å². The maximum Gasteiger partial charge on any atom is 0.319 e. The van der Waals surface area contributed by atoms with Crippen molar-refractivity contribution < 1.29 is 18.7 Å². The van der Waals surface area contributed by atoms with Gasteiger partial charge in [-0.3, -0.25) is 4.79 Å². The van der Waals surface area contributed by atoms with E-state index in [2.05, 4.69) is 23.4 Å².